The standard InChI is InChI=1S/C28H38N2O3/c1-21(27(32)29-23-14-8-9-15-23)30(19-18-22-12-6-5-7-13-22)26(31)20-33-25-17-11-10-16-24(25)28(2,3)4/h5-7,10-13,16-17,21,23H,8-9,14-15,18-20H2,1-4H3,(H,29,32). The molecule has 2 aromatic rings. The minimum absolute atomic E-state index is 0.0848. The molecule has 0 bridgehead atoms. The number of nitrogens with zero attached hydrogens (tertiary/aromatic N) is 1. The smallest absolute Gasteiger partial charge is 0.261 e. The van der Waals surface area contributed by atoms with Crippen molar-refractivity contribution in [3.8, 4) is 5.75 Å². The quantitative estimate of drug-likeness (QED) is 0.592. The van der Waals surface area contributed by atoms with Crippen molar-refractivity contribution < 1.29 is 14.3 Å². The van der Waals surface area contributed by atoms with Crippen LogP contribution in [0.1, 0.15) is 64.5 Å². The van der Waals surface area contributed by atoms with E-state index in [1.54, 1.807) is 4.90 Å². The molecule has 1 unspecified atom stereocenters. The molecule has 1 fully saturated rings. The zero-order valence-corrected chi connectivity index (χ0v) is 20.5. The molecule has 1 aliphatic rings. The number of hydrogen-bond acceptors (Lipinski definition) is 3. The second-order valence-electron chi connectivity index (χ2n) is 10.0. The van der Waals surface area contributed by atoms with Crippen LogP contribution >= 0.6 is 0 Å². The maximum Gasteiger partial charge on any atom is 0.261 e. The normalized spacial score (nSPS) is 15.2. The molecule has 0 aliphatic heterocycles. The number of amides is 2. The van der Waals surface area contributed by atoms with E-state index in [4.69, 9.17) is 4.74 Å². The van der Waals surface area contributed by atoms with Gasteiger partial charge in [0.25, 0.3) is 5.91 Å². The summed E-state index contributed by atoms with van der Waals surface area (Å²) >= 11 is 0. The highest BCUT2D eigenvalue weighted by atomic mass is 16.5. The summed E-state index contributed by atoms with van der Waals surface area (Å²) in [5, 5.41) is 3.14. The Kier molecular flexibility index (Phi) is 8.54. The first-order chi connectivity index (χ1) is 15.8. The first kappa shape index (κ1) is 24.8. The van der Waals surface area contributed by atoms with Gasteiger partial charge in [0.2, 0.25) is 5.91 Å². The maximum atomic E-state index is 13.3. The minimum atomic E-state index is -0.553. The summed E-state index contributed by atoms with van der Waals surface area (Å²) in [6.45, 7) is 8.56. The van der Waals surface area contributed by atoms with Gasteiger partial charge in [0.15, 0.2) is 6.61 Å². The molecule has 5 nitrogen and oxygen atoms in total. The predicted octanol–water partition coefficient (Wildman–Crippen LogP) is 4.88. The van der Waals surface area contributed by atoms with Gasteiger partial charge in [-0.25, -0.2) is 0 Å². The van der Waals surface area contributed by atoms with Gasteiger partial charge < -0.3 is 15.0 Å². The number of carbonyl (C=O) groups excluding carboxylic acids is 2. The van der Waals surface area contributed by atoms with E-state index in [1.807, 2.05) is 61.5 Å². The van der Waals surface area contributed by atoms with Gasteiger partial charge in [-0.2, -0.15) is 0 Å². The van der Waals surface area contributed by atoms with Crippen molar-refractivity contribution in [3.05, 3.63) is 65.7 Å². The summed E-state index contributed by atoms with van der Waals surface area (Å²) in [4.78, 5) is 27.9. The van der Waals surface area contributed by atoms with Crippen molar-refractivity contribution in [2.75, 3.05) is 13.2 Å². The first-order valence-corrected chi connectivity index (χ1v) is 12.1. The molecule has 178 valence electrons. The van der Waals surface area contributed by atoms with Crippen molar-refractivity contribution in [2.45, 2.75) is 77.3 Å². The molecular formula is C28H38N2O3. The second kappa shape index (κ2) is 11.4. The number of hydrogen-bond donors (Lipinski definition) is 1. The van der Waals surface area contributed by atoms with Crippen molar-refractivity contribution >= 4 is 11.8 Å². The van der Waals surface area contributed by atoms with Crippen molar-refractivity contribution in [2.24, 2.45) is 0 Å². The highest BCUT2D eigenvalue weighted by molar-refractivity contribution is 5.88. The minimum Gasteiger partial charge on any atom is -0.483 e. The van der Waals surface area contributed by atoms with Crippen LogP contribution in [0.15, 0.2) is 54.6 Å². The summed E-state index contributed by atoms with van der Waals surface area (Å²) in [7, 11) is 0. The van der Waals surface area contributed by atoms with Gasteiger partial charge in [-0.05, 0) is 48.8 Å². The summed E-state index contributed by atoms with van der Waals surface area (Å²) in [6.07, 6.45) is 5.02. The third-order valence-corrected chi connectivity index (χ3v) is 6.40. The number of para-hydroxylation sites is 1. The van der Waals surface area contributed by atoms with Crippen LogP contribution < -0.4 is 10.1 Å². The summed E-state index contributed by atoms with van der Waals surface area (Å²) in [5.41, 5.74) is 2.10. The van der Waals surface area contributed by atoms with E-state index < -0.39 is 6.04 Å². The van der Waals surface area contributed by atoms with Gasteiger partial charge in [0, 0.05) is 12.6 Å². The number of rotatable bonds is 9. The van der Waals surface area contributed by atoms with Gasteiger partial charge in [-0.15, -0.1) is 0 Å². The Morgan fingerprint density at radius 3 is 2.33 bits per heavy atom. The Bertz CT molecular complexity index is 914. The number of benzene rings is 2. The highest BCUT2D eigenvalue weighted by Gasteiger charge is 2.29. The van der Waals surface area contributed by atoms with Crippen LogP contribution in [-0.2, 0) is 21.4 Å². The highest BCUT2D eigenvalue weighted by Crippen LogP contribution is 2.31. The van der Waals surface area contributed by atoms with E-state index >= 15 is 0 Å². The second-order valence-corrected chi connectivity index (χ2v) is 10.0. The van der Waals surface area contributed by atoms with Crippen LogP contribution in [0.2, 0.25) is 0 Å². The molecule has 1 N–H and O–H groups in total. The van der Waals surface area contributed by atoms with Crippen molar-refractivity contribution in [3.63, 3.8) is 0 Å². The van der Waals surface area contributed by atoms with E-state index in [9.17, 15) is 9.59 Å². The van der Waals surface area contributed by atoms with Crippen LogP contribution in [0, 0.1) is 0 Å². The van der Waals surface area contributed by atoms with Crippen LogP contribution in [0.5, 0.6) is 5.75 Å². The topological polar surface area (TPSA) is 58.6 Å². The Labute approximate surface area is 198 Å². The molecule has 3 rings (SSSR count). The van der Waals surface area contributed by atoms with Gasteiger partial charge in [0.1, 0.15) is 11.8 Å². The molecular weight excluding hydrogens is 412 g/mol. The molecule has 33 heavy (non-hydrogen) atoms. The Morgan fingerprint density at radius 2 is 1.67 bits per heavy atom. The molecule has 1 saturated carbocycles. The van der Waals surface area contributed by atoms with E-state index in [1.165, 1.54) is 0 Å². The fourth-order valence-electron chi connectivity index (χ4n) is 4.40. The largest absolute Gasteiger partial charge is 0.483 e. The molecule has 0 heterocycles. The van der Waals surface area contributed by atoms with Gasteiger partial charge >= 0.3 is 0 Å². The van der Waals surface area contributed by atoms with E-state index in [-0.39, 0.29) is 29.9 Å². The SMILES string of the molecule is CC(C(=O)NC1CCCC1)N(CCc1ccccc1)C(=O)COc1ccccc1C(C)(C)C. The summed E-state index contributed by atoms with van der Waals surface area (Å²) in [6, 6.07) is 17.5. The summed E-state index contributed by atoms with van der Waals surface area (Å²) < 4.78 is 6.00. The monoisotopic (exact) mass is 450 g/mol. The average molecular weight is 451 g/mol. The van der Waals surface area contributed by atoms with Crippen LogP contribution in [0.3, 0.4) is 0 Å². The molecule has 2 aromatic carbocycles. The fraction of sp³-hybridized carbons (Fsp3) is 0.500. The molecule has 0 spiro atoms. The average Bonchev–Trinajstić information content (AvgIpc) is 3.31. The van der Waals surface area contributed by atoms with E-state index in [0.717, 1.165) is 36.8 Å². The number of nitrogens with one attached hydrogen (secondary N) is 1. The zero-order chi connectivity index (χ0) is 23.8. The lowest BCUT2D eigenvalue weighted by atomic mass is 9.86. The molecule has 5 heteroatoms. The zero-order valence-electron chi connectivity index (χ0n) is 20.5. The maximum absolute atomic E-state index is 13.3. The predicted molar refractivity (Wildman–Crippen MR) is 132 cm³/mol. The Morgan fingerprint density at radius 1 is 1.03 bits per heavy atom. The van der Waals surface area contributed by atoms with Crippen LogP contribution in [0.25, 0.3) is 0 Å². The van der Waals surface area contributed by atoms with Crippen LogP contribution in [0.4, 0.5) is 0 Å². The first-order valence-electron chi connectivity index (χ1n) is 12.1. The molecule has 1 atom stereocenters. The fourth-order valence-corrected chi connectivity index (χ4v) is 4.40. The third-order valence-electron chi connectivity index (χ3n) is 6.40. The van der Waals surface area contributed by atoms with Crippen molar-refractivity contribution in [1.82, 2.24) is 10.2 Å². The van der Waals surface area contributed by atoms with Gasteiger partial charge in [-0.1, -0.05) is 82.1 Å². The Balaban J connectivity index is 1.70. The molecule has 1 aliphatic carbocycles. The van der Waals surface area contributed by atoms with E-state index in [0.29, 0.717) is 18.7 Å². The van der Waals surface area contributed by atoms with Gasteiger partial charge in [-0.3, -0.25) is 9.59 Å². The summed E-state index contributed by atoms with van der Waals surface area (Å²) in [5.74, 6) is 0.450. The molecule has 0 saturated heterocycles. The molecule has 2 amide bonds. The van der Waals surface area contributed by atoms with Crippen molar-refractivity contribution in [1.29, 1.82) is 0 Å². The van der Waals surface area contributed by atoms with E-state index in [2.05, 4.69) is 26.1 Å². The number of carbonyl (C=O) groups is 2. The number of ether oxygens (including phenoxy) is 1. The lowest BCUT2D eigenvalue weighted by Crippen LogP contribution is -2.51. The lowest BCUT2D eigenvalue weighted by Gasteiger charge is -2.30. The lowest BCUT2D eigenvalue weighted by molar-refractivity contribution is -0.141. The van der Waals surface area contributed by atoms with Crippen LogP contribution in [-0.4, -0.2) is 41.9 Å². The Hall–Kier alpha value is -2.82. The molecule has 0 radical (unpaired) electrons. The van der Waals surface area contributed by atoms with Gasteiger partial charge in [0.05, 0.1) is 0 Å². The molecule has 0 aromatic heterocycles. The third kappa shape index (κ3) is 7.08.